The minimum atomic E-state index is -1.23. The van der Waals surface area contributed by atoms with E-state index in [0.717, 1.165) is 37.0 Å². The van der Waals surface area contributed by atoms with Crippen LogP contribution in [0.2, 0.25) is 0 Å². The summed E-state index contributed by atoms with van der Waals surface area (Å²) in [6.45, 7) is 0. The number of fused-ring (bicyclic) bond motifs is 1. The van der Waals surface area contributed by atoms with E-state index in [1.165, 1.54) is 16.2 Å². The number of nitrogens with zero attached hydrogens (tertiary/aromatic N) is 1. The van der Waals surface area contributed by atoms with Gasteiger partial charge in [0, 0.05) is 16.5 Å². The number of carbonyl (C=O) groups is 1. The number of Topliss-reactive ketones (excluding diaryl/α,β-unsaturated/α-hetero) is 1. The number of hydrogen-bond acceptors (Lipinski definition) is 3. The molecule has 0 saturated carbocycles. The van der Waals surface area contributed by atoms with Gasteiger partial charge in [-0.05, 0) is 37.0 Å². The third-order valence-electron chi connectivity index (χ3n) is 3.65. The molecule has 0 saturated heterocycles. The van der Waals surface area contributed by atoms with E-state index in [9.17, 15) is 18.8 Å². The van der Waals surface area contributed by atoms with Gasteiger partial charge in [0.2, 0.25) is 0 Å². The second-order valence-corrected chi connectivity index (χ2v) is 6.14. The standard InChI is InChI=1S/C16H11F2NOS/c17-10-4-5-11(13(18)7-10)12(8-19)16(20)15-6-9-2-1-3-14(9)21-15/h4-7,12H,1-3H2. The van der Waals surface area contributed by atoms with E-state index in [-0.39, 0.29) is 5.56 Å². The summed E-state index contributed by atoms with van der Waals surface area (Å²) in [4.78, 5) is 14.1. The molecule has 1 aromatic heterocycles. The molecule has 5 heteroatoms. The normalized spacial score (nSPS) is 14.5. The first-order valence-corrected chi connectivity index (χ1v) is 7.42. The van der Waals surface area contributed by atoms with Crippen LogP contribution in [0.4, 0.5) is 8.78 Å². The van der Waals surface area contributed by atoms with Gasteiger partial charge >= 0.3 is 0 Å². The number of aryl methyl sites for hydroxylation is 2. The number of halogens is 2. The molecule has 1 aromatic carbocycles. The maximum atomic E-state index is 13.8. The quantitative estimate of drug-likeness (QED) is 0.804. The van der Waals surface area contributed by atoms with Crippen molar-refractivity contribution in [3.63, 3.8) is 0 Å². The molecule has 0 aliphatic heterocycles. The Bertz CT molecular complexity index is 739. The Morgan fingerprint density at radius 3 is 2.76 bits per heavy atom. The summed E-state index contributed by atoms with van der Waals surface area (Å²) in [6.07, 6.45) is 2.99. The van der Waals surface area contributed by atoms with E-state index in [1.807, 2.05) is 6.07 Å². The third-order valence-corrected chi connectivity index (χ3v) is 4.91. The van der Waals surface area contributed by atoms with Crippen LogP contribution in [0.15, 0.2) is 24.3 Å². The average Bonchev–Trinajstić information content (AvgIpc) is 3.02. The van der Waals surface area contributed by atoms with Crippen LogP contribution in [0.1, 0.15) is 38.0 Å². The molecule has 0 spiro atoms. The average molecular weight is 303 g/mol. The van der Waals surface area contributed by atoms with Crippen molar-refractivity contribution in [1.82, 2.24) is 0 Å². The first-order chi connectivity index (χ1) is 10.1. The number of thiophene rings is 1. The van der Waals surface area contributed by atoms with E-state index < -0.39 is 23.3 Å². The van der Waals surface area contributed by atoms with Gasteiger partial charge in [0.25, 0.3) is 0 Å². The fraction of sp³-hybridized carbons (Fsp3) is 0.250. The van der Waals surface area contributed by atoms with Crippen LogP contribution in [-0.4, -0.2) is 5.78 Å². The van der Waals surface area contributed by atoms with Crippen molar-refractivity contribution in [2.75, 3.05) is 0 Å². The van der Waals surface area contributed by atoms with Gasteiger partial charge in [-0.3, -0.25) is 4.79 Å². The summed E-state index contributed by atoms with van der Waals surface area (Å²) in [5.74, 6) is -3.23. The molecule has 21 heavy (non-hydrogen) atoms. The molecule has 0 fully saturated rings. The molecule has 2 aromatic rings. The molecule has 1 aliphatic rings. The first-order valence-electron chi connectivity index (χ1n) is 6.60. The van der Waals surface area contributed by atoms with Crippen LogP contribution < -0.4 is 0 Å². The number of nitriles is 1. The van der Waals surface area contributed by atoms with Gasteiger partial charge in [0.05, 0.1) is 10.9 Å². The molecule has 0 amide bonds. The van der Waals surface area contributed by atoms with Gasteiger partial charge in [-0.1, -0.05) is 6.07 Å². The lowest BCUT2D eigenvalue weighted by atomic mass is 9.94. The molecule has 106 valence electrons. The Morgan fingerprint density at radius 1 is 1.29 bits per heavy atom. The van der Waals surface area contributed by atoms with Crippen molar-refractivity contribution in [1.29, 1.82) is 5.26 Å². The molecular formula is C16H11F2NOS. The molecule has 1 heterocycles. The Kier molecular flexibility index (Phi) is 3.56. The summed E-state index contributed by atoms with van der Waals surface area (Å²) in [7, 11) is 0. The topological polar surface area (TPSA) is 40.9 Å². The van der Waals surface area contributed by atoms with E-state index >= 15 is 0 Å². The van der Waals surface area contributed by atoms with Gasteiger partial charge in [-0.2, -0.15) is 5.26 Å². The Labute approximate surface area is 124 Å². The highest BCUT2D eigenvalue weighted by Gasteiger charge is 2.28. The van der Waals surface area contributed by atoms with Crippen LogP contribution >= 0.6 is 11.3 Å². The highest BCUT2D eigenvalue weighted by molar-refractivity contribution is 7.14. The lowest BCUT2D eigenvalue weighted by Gasteiger charge is -2.08. The van der Waals surface area contributed by atoms with Crippen LogP contribution in [0.3, 0.4) is 0 Å². The lowest BCUT2D eigenvalue weighted by molar-refractivity contribution is 0.0981. The first kappa shape index (κ1) is 13.9. The Balaban J connectivity index is 1.95. The maximum absolute atomic E-state index is 13.8. The second kappa shape index (κ2) is 5.38. The predicted molar refractivity (Wildman–Crippen MR) is 75.4 cm³/mol. The smallest absolute Gasteiger partial charge is 0.194 e. The van der Waals surface area contributed by atoms with Gasteiger partial charge in [-0.15, -0.1) is 11.3 Å². The number of ketones is 1. The van der Waals surface area contributed by atoms with E-state index in [1.54, 1.807) is 6.07 Å². The van der Waals surface area contributed by atoms with Crippen molar-refractivity contribution in [3.8, 4) is 6.07 Å². The number of hydrogen-bond donors (Lipinski definition) is 0. The van der Waals surface area contributed by atoms with Crippen molar-refractivity contribution >= 4 is 17.1 Å². The minimum absolute atomic E-state index is 0.0718. The Hall–Kier alpha value is -2.06. The minimum Gasteiger partial charge on any atom is -0.291 e. The largest absolute Gasteiger partial charge is 0.291 e. The molecular weight excluding hydrogens is 292 g/mol. The zero-order valence-electron chi connectivity index (χ0n) is 11.0. The van der Waals surface area contributed by atoms with Crippen LogP contribution in [-0.2, 0) is 12.8 Å². The van der Waals surface area contributed by atoms with Crippen LogP contribution in [0, 0.1) is 23.0 Å². The molecule has 0 bridgehead atoms. The predicted octanol–water partition coefficient (Wildman–Crippen LogP) is 4.01. The summed E-state index contributed by atoms with van der Waals surface area (Å²) in [6, 6.07) is 6.56. The van der Waals surface area contributed by atoms with Crippen molar-refractivity contribution in [2.24, 2.45) is 0 Å². The fourth-order valence-corrected chi connectivity index (χ4v) is 3.82. The van der Waals surface area contributed by atoms with E-state index in [2.05, 4.69) is 0 Å². The molecule has 0 N–H and O–H groups in total. The summed E-state index contributed by atoms with van der Waals surface area (Å²) in [5.41, 5.74) is 1.08. The highest BCUT2D eigenvalue weighted by atomic mass is 32.1. The zero-order valence-corrected chi connectivity index (χ0v) is 11.8. The van der Waals surface area contributed by atoms with Crippen molar-refractivity contribution in [2.45, 2.75) is 25.2 Å². The third kappa shape index (κ3) is 2.47. The summed E-state index contributed by atoms with van der Waals surface area (Å²) >= 11 is 1.38. The van der Waals surface area contributed by atoms with Crippen molar-refractivity contribution < 1.29 is 13.6 Å². The van der Waals surface area contributed by atoms with Gasteiger partial charge in [-0.25, -0.2) is 8.78 Å². The second-order valence-electron chi connectivity index (χ2n) is 5.00. The number of rotatable bonds is 3. The Morgan fingerprint density at radius 2 is 2.10 bits per heavy atom. The lowest BCUT2D eigenvalue weighted by Crippen LogP contribution is -2.12. The molecule has 2 nitrogen and oxygen atoms in total. The molecule has 3 rings (SSSR count). The molecule has 1 unspecified atom stereocenters. The van der Waals surface area contributed by atoms with Crippen LogP contribution in [0.5, 0.6) is 0 Å². The van der Waals surface area contributed by atoms with E-state index in [4.69, 9.17) is 0 Å². The van der Waals surface area contributed by atoms with Crippen LogP contribution in [0.25, 0.3) is 0 Å². The fourth-order valence-electron chi connectivity index (χ4n) is 2.60. The van der Waals surface area contributed by atoms with E-state index in [0.29, 0.717) is 10.9 Å². The number of carbonyl (C=O) groups excluding carboxylic acids is 1. The molecule has 1 atom stereocenters. The number of benzene rings is 1. The molecule has 0 radical (unpaired) electrons. The summed E-state index contributed by atoms with van der Waals surface area (Å²) < 4.78 is 26.7. The SMILES string of the molecule is N#CC(C(=O)c1cc2c(s1)CCC2)c1ccc(F)cc1F. The highest BCUT2D eigenvalue weighted by Crippen LogP contribution is 2.33. The summed E-state index contributed by atoms with van der Waals surface area (Å²) in [5, 5.41) is 9.23. The van der Waals surface area contributed by atoms with Gasteiger partial charge in [0.15, 0.2) is 5.78 Å². The zero-order chi connectivity index (χ0) is 15.0. The van der Waals surface area contributed by atoms with Gasteiger partial charge in [0.1, 0.15) is 17.6 Å². The maximum Gasteiger partial charge on any atom is 0.194 e. The van der Waals surface area contributed by atoms with Gasteiger partial charge < -0.3 is 0 Å². The van der Waals surface area contributed by atoms with Crippen molar-refractivity contribution in [3.05, 3.63) is 56.8 Å². The molecule has 1 aliphatic carbocycles. The monoisotopic (exact) mass is 303 g/mol.